The first kappa shape index (κ1) is 20.0. The van der Waals surface area contributed by atoms with Gasteiger partial charge in [-0.15, -0.1) is 0 Å². The summed E-state index contributed by atoms with van der Waals surface area (Å²) >= 11 is 0. The molecule has 2 aromatic rings. The lowest BCUT2D eigenvalue weighted by atomic mass is 9.97. The van der Waals surface area contributed by atoms with E-state index in [0.29, 0.717) is 6.42 Å². The van der Waals surface area contributed by atoms with Gasteiger partial charge in [-0.1, -0.05) is 56.7 Å². The fourth-order valence-corrected chi connectivity index (χ4v) is 3.17. The van der Waals surface area contributed by atoms with Gasteiger partial charge in [0.05, 0.1) is 6.04 Å². The molecule has 0 saturated heterocycles. The Labute approximate surface area is 157 Å². The lowest BCUT2D eigenvalue weighted by molar-refractivity contribution is -0.128. The molecule has 2 atom stereocenters. The first-order valence-electron chi connectivity index (χ1n) is 9.61. The average molecular weight is 354 g/mol. The van der Waals surface area contributed by atoms with Crippen molar-refractivity contribution in [1.82, 2.24) is 5.32 Å². The van der Waals surface area contributed by atoms with E-state index < -0.39 is 6.10 Å². The number of benzene rings is 2. The Morgan fingerprint density at radius 3 is 2.23 bits per heavy atom. The molecule has 0 bridgehead atoms. The third-order valence-corrected chi connectivity index (χ3v) is 4.80. The van der Waals surface area contributed by atoms with Crippen molar-refractivity contribution < 1.29 is 9.53 Å². The third-order valence-electron chi connectivity index (χ3n) is 4.80. The SMILES string of the molecule is CCc1ccc(O[C@@H](CC)C(=O)N[C@@H](CC)c2ccc(C)cc2C)cc1. The van der Waals surface area contributed by atoms with Crippen molar-refractivity contribution in [2.24, 2.45) is 0 Å². The summed E-state index contributed by atoms with van der Waals surface area (Å²) in [7, 11) is 0. The molecule has 0 aromatic heterocycles. The molecule has 2 rings (SSSR count). The quantitative estimate of drug-likeness (QED) is 0.700. The topological polar surface area (TPSA) is 38.3 Å². The predicted molar refractivity (Wildman–Crippen MR) is 108 cm³/mol. The van der Waals surface area contributed by atoms with Crippen molar-refractivity contribution in [3.8, 4) is 5.75 Å². The van der Waals surface area contributed by atoms with Crippen LogP contribution >= 0.6 is 0 Å². The minimum Gasteiger partial charge on any atom is -0.481 e. The molecule has 0 unspecified atom stereocenters. The van der Waals surface area contributed by atoms with Crippen LogP contribution in [-0.4, -0.2) is 12.0 Å². The molecule has 0 aliphatic rings. The Hall–Kier alpha value is -2.29. The number of carbonyl (C=O) groups excluding carboxylic acids is 1. The largest absolute Gasteiger partial charge is 0.481 e. The molecule has 3 heteroatoms. The zero-order valence-electron chi connectivity index (χ0n) is 16.6. The summed E-state index contributed by atoms with van der Waals surface area (Å²) in [4.78, 5) is 12.8. The van der Waals surface area contributed by atoms with Crippen molar-refractivity contribution in [2.75, 3.05) is 0 Å². The molecule has 0 aliphatic heterocycles. The van der Waals surface area contributed by atoms with Crippen molar-refractivity contribution in [3.05, 3.63) is 64.7 Å². The third kappa shape index (κ3) is 5.10. The molecule has 0 radical (unpaired) electrons. The van der Waals surface area contributed by atoms with Gasteiger partial charge in [-0.3, -0.25) is 4.79 Å². The Morgan fingerprint density at radius 1 is 1.00 bits per heavy atom. The summed E-state index contributed by atoms with van der Waals surface area (Å²) in [5.41, 5.74) is 4.88. The van der Waals surface area contributed by atoms with E-state index in [9.17, 15) is 4.79 Å². The number of hydrogen-bond acceptors (Lipinski definition) is 2. The van der Waals surface area contributed by atoms with E-state index in [1.807, 2.05) is 31.2 Å². The van der Waals surface area contributed by atoms with Gasteiger partial charge in [0.15, 0.2) is 6.10 Å². The summed E-state index contributed by atoms with van der Waals surface area (Å²) in [6.45, 7) is 10.4. The lowest BCUT2D eigenvalue weighted by Crippen LogP contribution is -2.40. The van der Waals surface area contributed by atoms with Crippen molar-refractivity contribution in [3.63, 3.8) is 0 Å². The average Bonchev–Trinajstić information content (AvgIpc) is 2.65. The van der Waals surface area contributed by atoms with E-state index in [2.05, 4.69) is 51.2 Å². The second kappa shape index (κ2) is 9.42. The molecule has 0 saturated carbocycles. The number of nitrogens with one attached hydrogen (secondary N) is 1. The van der Waals surface area contributed by atoms with Gasteiger partial charge >= 0.3 is 0 Å². The molecule has 0 heterocycles. The van der Waals surface area contributed by atoms with Crippen LogP contribution in [0.5, 0.6) is 5.75 Å². The summed E-state index contributed by atoms with van der Waals surface area (Å²) < 4.78 is 5.94. The summed E-state index contributed by atoms with van der Waals surface area (Å²) in [5, 5.41) is 3.17. The molecule has 2 aromatic carbocycles. The maximum absolute atomic E-state index is 12.8. The number of ether oxygens (including phenoxy) is 1. The Bertz CT molecular complexity index is 721. The van der Waals surface area contributed by atoms with Gasteiger partial charge in [-0.2, -0.15) is 0 Å². The maximum atomic E-state index is 12.8. The van der Waals surface area contributed by atoms with Gasteiger partial charge < -0.3 is 10.1 Å². The zero-order valence-corrected chi connectivity index (χ0v) is 16.6. The van der Waals surface area contributed by atoms with Crippen molar-refractivity contribution >= 4 is 5.91 Å². The fourth-order valence-electron chi connectivity index (χ4n) is 3.17. The maximum Gasteiger partial charge on any atom is 0.261 e. The van der Waals surface area contributed by atoms with Crippen molar-refractivity contribution in [1.29, 1.82) is 0 Å². The van der Waals surface area contributed by atoms with Crippen LogP contribution in [0, 0.1) is 13.8 Å². The Kier molecular flexibility index (Phi) is 7.26. The van der Waals surface area contributed by atoms with Gasteiger partial charge in [0.25, 0.3) is 5.91 Å². The summed E-state index contributed by atoms with van der Waals surface area (Å²) in [5.74, 6) is 0.683. The second-order valence-electron chi connectivity index (χ2n) is 6.84. The van der Waals surface area contributed by atoms with Gasteiger partial charge in [0.2, 0.25) is 0 Å². The smallest absolute Gasteiger partial charge is 0.261 e. The van der Waals surface area contributed by atoms with E-state index in [1.54, 1.807) is 0 Å². The van der Waals surface area contributed by atoms with Crippen LogP contribution in [-0.2, 0) is 11.2 Å². The van der Waals surface area contributed by atoms with Crippen LogP contribution in [0.2, 0.25) is 0 Å². The first-order chi connectivity index (χ1) is 12.5. The Morgan fingerprint density at radius 2 is 1.69 bits per heavy atom. The second-order valence-corrected chi connectivity index (χ2v) is 6.84. The standard InChI is InChI=1S/C23H31NO2/c1-6-18-10-12-19(13-11-18)26-22(8-3)23(25)24-21(7-2)20-14-9-16(4)15-17(20)5/h9-15,21-22H,6-8H2,1-5H3,(H,24,25)/t21-,22-/m0/s1. The highest BCUT2D eigenvalue weighted by atomic mass is 16.5. The zero-order chi connectivity index (χ0) is 19.1. The molecular weight excluding hydrogens is 322 g/mol. The highest BCUT2D eigenvalue weighted by Gasteiger charge is 2.22. The molecule has 0 aliphatic carbocycles. The number of amides is 1. The van der Waals surface area contributed by atoms with Gasteiger partial charge in [0.1, 0.15) is 5.75 Å². The molecule has 1 N–H and O–H groups in total. The van der Waals surface area contributed by atoms with E-state index in [-0.39, 0.29) is 11.9 Å². The molecule has 3 nitrogen and oxygen atoms in total. The van der Waals surface area contributed by atoms with Gasteiger partial charge in [-0.25, -0.2) is 0 Å². The Balaban J connectivity index is 2.08. The van der Waals surface area contributed by atoms with Gasteiger partial charge in [0, 0.05) is 0 Å². The van der Waals surface area contributed by atoms with E-state index in [0.717, 1.165) is 18.6 Å². The fraction of sp³-hybridized carbons (Fsp3) is 0.435. The summed E-state index contributed by atoms with van der Waals surface area (Å²) in [6.07, 6.45) is 1.98. The number of hydrogen-bond donors (Lipinski definition) is 1. The van der Waals surface area contributed by atoms with Crippen LogP contribution in [0.25, 0.3) is 0 Å². The molecule has 0 fully saturated rings. The van der Waals surface area contributed by atoms with Gasteiger partial charge in [-0.05, 0) is 61.9 Å². The van der Waals surface area contributed by atoms with Crippen LogP contribution in [0.3, 0.4) is 0 Å². The summed E-state index contributed by atoms with van der Waals surface area (Å²) in [6, 6.07) is 14.3. The van der Waals surface area contributed by atoms with Crippen LogP contribution < -0.4 is 10.1 Å². The molecular formula is C23H31NO2. The highest BCUT2D eigenvalue weighted by molar-refractivity contribution is 5.81. The lowest BCUT2D eigenvalue weighted by Gasteiger charge is -2.24. The number of aryl methyl sites for hydroxylation is 3. The minimum atomic E-state index is -0.484. The monoisotopic (exact) mass is 353 g/mol. The molecule has 0 spiro atoms. The predicted octanol–water partition coefficient (Wildman–Crippen LogP) is 5.29. The van der Waals surface area contributed by atoms with E-state index in [4.69, 9.17) is 4.74 Å². The number of rotatable bonds is 8. The molecule has 26 heavy (non-hydrogen) atoms. The van der Waals surface area contributed by atoms with Crippen LogP contribution in [0.1, 0.15) is 61.9 Å². The molecule has 140 valence electrons. The van der Waals surface area contributed by atoms with Crippen LogP contribution in [0.4, 0.5) is 0 Å². The van der Waals surface area contributed by atoms with Crippen molar-refractivity contribution in [2.45, 2.75) is 66.0 Å². The van der Waals surface area contributed by atoms with E-state index in [1.165, 1.54) is 22.3 Å². The minimum absolute atomic E-state index is 0.00298. The highest BCUT2D eigenvalue weighted by Crippen LogP contribution is 2.22. The normalized spacial score (nSPS) is 13.1. The van der Waals surface area contributed by atoms with E-state index >= 15 is 0 Å². The number of carbonyl (C=O) groups is 1. The molecule has 1 amide bonds. The first-order valence-corrected chi connectivity index (χ1v) is 9.61. The van der Waals surface area contributed by atoms with Crippen LogP contribution in [0.15, 0.2) is 42.5 Å².